The molecule has 27 heavy (non-hydrogen) atoms. The predicted molar refractivity (Wildman–Crippen MR) is 108 cm³/mol. The first-order chi connectivity index (χ1) is 13.2. The number of thiophene rings is 1. The molecule has 0 saturated carbocycles. The quantitative estimate of drug-likeness (QED) is 0.467. The molecule has 1 fully saturated rings. The van der Waals surface area contributed by atoms with Gasteiger partial charge in [0.1, 0.15) is 5.82 Å². The summed E-state index contributed by atoms with van der Waals surface area (Å²) in [6.45, 7) is 4.59. The third kappa shape index (κ3) is 4.97. The Balaban J connectivity index is 1.41. The molecule has 1 amide bonds. The number of piperazine rings is 1. The SMILES string of the molecule is CN=C(NCCNC(=O)c1ccccc1F)N1CCN(c2cccs2)CC1. The van der Waals surface area contributed by atoms with Gasteiger partial charge in [0, 0.05) is 46.3 Å². The van der Waals surface area contributed by atoms with E-state index in [1.54, 1.807) is 30.5 Å². The van der Waals surface area contributed by atoms with Crippen molar-refractivity contribution < 1.29 is 9.18 Å². The molecule has 0 spiro atoms. The van der Waals surface area contributed by atoms with Gasteiger partial charge in [0.2, 0.25) is 0 Å². The van der Waals surface area contributed by atoms with E-state index in [4.69, 9.17) is 0 Å². The highest BCUT2D eigenvalue weighted by Gasteiger charge is 2.20. The maximum Gasteiger partial charge on any atom is 0.254 e. The van der Waals surface area contributed by atoms with Gasteiger partial charge in [0.15, 0.2) is 5.96 Å². The molecule has 3 rings (SSSR count). The zero-order valence-corrected chi connectivity index (χ0v) is 16.1. The maximum atomic E-state index is 13.6. The fourth-order valence-corrected chi connectivity index (χ4v) is 3.80. The maximum absolute atomic E-state index is 13.6. The number of nitrogens with zero attached hydrogens (tertiary/aromatic N) is 3. The van der Waals surface area contributed by atoms with Crippen molar-refractivity contribution in [1.82, 2.24) is 15.5 Å². The van der Waals surface area contributed by atoms with Crippen LogP contribution >= 0.6 is 11.3 Å². The van der Waals surface area contributed by atoms with Crippen LogP contribution in [-0.4, -0.2) is 63.1 Å². The first kappa shape index (κ1) is 19.2. The number of nitrogens with one attached hydrogen (secondary N) is 2. The van der Waals surface area contributed by atoms with Gasteiger partial charge in [-0.2, -0.15) is 0 Å². The van der Waals surface area contributed by atoms with Gasteiger partial charge in [0.25, 0.3) is 5.91 Å². The molecular weight excluding hydrogens is 365 g/mol. The van der Waals surface area contributed by atoms with Crippen molar-refractivity contribution in [3.63, 3.8) is 0 Å². The van der Waals surface area contributed by atoms with E-state index in [-0.39, 0.29) is 5.56 Å². The topological polar surface area (TPSA) is 60.0 Å². The summed E-state index contributed by atoms with van der Waals surface area (Å²) in [6, 6.07) is 10.2. The summed E-state index contributed by atoms with van der Waals surface area (Å²) in [5.74, 6) is -0.0993. The number of rotatable bonds is 5. The molecular formula is C19H24FN5OS. The zero-order chi connectivity index (χ0) is 19.1. The van der Waals surface area contributed by atoms with Gasteiger partial charge in [-0.25, -0.2) is 4.39 Å². The van der Waals surface area contributed by atoms with Crippen molar-refractivity contribution in [2.75, 3.05) is 51.2 Å². The fraction of sp³-hybridized carbons (Fsp3) is 0.368. The molecule has 0 bridgehead atoms. The van der Waals surface area contributed by atoms with Crippen molar-refractivity contribution in [2.24, 2.45) is 4.99 Å². The highest BCUT2D eigenvalue weighted by molar-refractivity contribution is 7.14. The van der Waals surface area contributed by atoms with E-state index in [1.807, 2.05) is 0 Å². The second-order valence-electron chi connectivity index (χ2n) is 6.14. The molecule has 0 aliphatic carbocycles. The van der Waals surface area contributed by atoms with Gasteiger partial charge in [-0.3, -0.25) is 9.79 Å². The van der Waals surface area contributed by atoms with Crippen LogP contribution in [0, 0.1) is 5.82 Å². The Morgan fingerprint density at radius 1 is 1.11 bits per heavy atom. The molecule has 1 aromatic heterocycles. The van der Waals surface area contributed by atoms with Crippen molar-refractivity contribution in [3.8, 4) is 0 Å². The lowest BCUT2D eigenvalue weighted by atomic mass is 10.2. The molecule has 1 aromatic carbocycles. The number of aliphatic imine (C=N–C) groups is 1. The third-order valence-electron chi connectivity index (χ3n) is 4.42. The molecule has 8 heteroatoms. The van der Waals surface area contributed by atoms with Crippen LogP contribution in [0.15, 0.2) is 46.8 Å². The van der Waals surface area contributed by atoms with Gasteiger partial charge >= 0.3 is 0 Å². The van der Waals surface area contributed by atoms with Crippen LogP contribution in [0.1, 0.15) is 10.4 Å². The summed E-state index contributed by atoms with van der Waals surface area (Å²) in [5.41, 5.74) is 0.0616. The smallest absolute Gasteiger partial charge is 0.254 e. The van der Waals surface area contributed by atoms with Gasteiger partial charge < -0.3 is 20.4 Å². The highest BCUT2D eigenvalue weighted by atomic mass is 32.1. The number of halogens is 1. The molecule has 1 aliphatic heterocycles. The average molecular weight is 390 g/mol. The summed E-state index contributed by atoms with van der Waals surface area (Å²) < 4.78 is 13.6. The van der Waals surface area contributed by atoms with Crippen molar-refractivity contribution in [1.29, 1.82) is 0 Å². The molecule has 0 unspecified atom stereocenters. The summed E-state index contributed by atoms with van der Waals surface area (Å²) in [7, 11) is 1.76. The second kappa shape index (κ2) is 9.36. The molecule has 2 heterocycles. The number of hydrogen-bond donors (Lipinski definition) is 2. The van der Waals surface area contributed by atoms with E-state index in [2.05, 4.69) is 42.9 Å². The first-order valence-corrected chi connectivity index (χ1v) is 9.84. The van der Waals surface area contributed by atoms with Crippen molar-refractivity contribution in [3.05, 3.63) is 53.2 Å². The molecule has 1 saturated heterocycles. The molecule has 0 atom stereocenters. The number of amides is 1. The Hall–Kier alpha value is -2.61. The Morgan fingerprint density at radius 2 is 1.85 bits per heavy atom. The van der Waals surface area contributed by atoms with E-state index in [9.17, 15) is 9.18 Å². The van der Waals surface area contributed by atoms with Crippen LogP contribution in [-0.2, 0) is 0 Å². The summed E-state index contributed by atoms with van der Waals surface area (Å²) >= 11 is 1.76. The second-order valence-corrected chi connectivity index (χ2v) is 7.06. The van der Waals surface area contributed by atoms with Gasteiger partial charge in [0.05, 0.1) is 10.6 Å². The lowest BCUT2D eigenvalue weighted by molar-refractivity contribution is 0.0950. The number of benzene rings is 1. The minimum Gasteiger partial charge on any atom is -0.360 e. The normalized spacial score (nSPS) is 15.0. The number of hydrogen-bond acceptors (Lipinski definition) is 4. The summed E-state index contributed by atoms with van der Waals surface area (Å²) in [5, 5.41) is 9.38. The van der Waals surface area contributed by atoms with Crippen molar-refractivity contribution >= 4 is 28.2 Å². The van der Waals surface area contributed by atoms with Crippen LogP contribution in [0.25, 0.3) is 0 Å². The van der Waals surface area contributed by atoms with Gasteiger partial charge in [-0.1, -0.05) is 12.1 Å². The molecule has 6 nitrogen and oxygen atoms in total. The minimum absolute atomic E-state index is 0.0616. The number of anilines is 1. The van der Waals surface area contributed by atoms with E-state index >= 15 is 0 Å². The zero-order valence-electron chi connectivity index (χ0n) is 15.3. The van der Waals surface area contributed by atoms with Crippen LogP contribution in [0.2, 0.25) is 0 Å². The minimum atomic E-state index is -0.512. The number of carbonyl (C=O) groups excluding carboxylic acids is 1. The van der Waals surface area contributed by atoms with Crippen LogP contribution in [0.3, 0.4) is 0 Å². The molecule has 144 valence electrons. The Bertz CT molecular complexity index is 772. The Labute approximate surface area is 162 Å². The lowest BCUT2D eigenvalue weighted by Gasteiger charge is -2.37. The van der Waals surface area contributed by atoms with Gasteiger partial charge in [-0.15, -0.1) is 11.3 Å². The molecule has 0 radical (unpaired) electrons. The van der Waals surface area contributed by atoms with Crippen LogP contribution < -0.4 is 15.5 Å². The Morgan fingerprint density at radius 3 is 2.52 bits per heavy atom. The molecule has 1 aliphatic rings. The molecule has 2 aromatic rings. The predicted octanol–water partition coefficient (Wildman–Crippen LogP) is 2.01. The lowest BCUT2D eigenvalue weighted by Crippen LogP contribution is -2.53. The van der Waals surface area contributed by atoms with E-state index in [1.165, 1.54) is 17.1 Å². The highest BCUT2D eigenvalue weighted by Crippen LogP contribution is 2.22. The third-order valence-corrected chi connectivity index (χ3v) is 5.35. The first-order valence-electron chi connectivity index (χ1n) is 8.96. The summed E-state index contributed by atoms with van der Waals surface area (Å²) in [4.78, 5) is 20.9. The van der Waals surface area contributed by atoms with Crippen LogP contribution in [0.4, 0.5) is 9.39 Å². The standard InChI is InChI=1S/C19H24FN5OS/c1-21-19(25-12-10-24(11-13-25)17-7-4-14-27-17)23-9-8-22-18(26)15-5-2-3-6-16(15)20/h2-7,14H,8-13H2,1H3,(H,21,23)(H,22,26). The van der Waals surface area contributed by atoms with Crippen LogP contribution in [0.5, 0.6) is 0 Å². The Kier molecular flexibility index (Phi) is 6.64. The van der Waals surface area contributed by atoms with Crippen molar-refractivity contribution in [2.45, 2.75) is 0 Å². The van der Waals surface area contributed by atoms with E-state index in [0.29, 0.717) is 13.1 Å². The molecule has 2 N–H and O–H groups in total. The number of guanidine groups is 1. The van der Waals surface area contributed by atoms with E-state index < -0.39 is 11.7 Å². The largest absolute Gasteiger partial charge is 0.360 e. The monoisotopic (exact) mass is 389 g/mol. The van der Waals surface area contributed by atoms with E-state index in [0.717, 1.165) is 32.1 Å². The van der Waals surface area contributed by atoms with Gasteiger partial charge in [-0.05, 0) is 29.6 Å². The fourth-order valence-electron chi connectivity index (χ4n) is 3.01. The summed E-state index contributed by atoms with van der Waals surface area (Å²) in [6.07, 6.45) is 0. The average Bonchev–Trinajstić information content (AvgIpc) is 3.23. The number of carbonyl (C=O) groups is 1.